The Morgan fingerprint density at radius 2 is 1.42 bits per heavy atom. The summed E-state index contributed by atoms with van der Waals surface area (Å²) in [5.74, 6) is -0.248. The van der Waals surface area contributed by atoms with Gasteiger partial charge in [0.05, 0.1) is 23.1 Å². The second-order valence-corrected chi connectivity index (χ2v) is 9.49. The summed E-state index contributed by atoms with van der Waals surface area (Å²) < 4.78 is 5.35. The molecule has 0 N–H and O–H groups in total. The van der Waals surface area contributed by atoms with Crippen molar-refractivity contribution >= 4 is 29.3 Å². The van der Waals surface area contributed by atoms with Crippen molar-refractivity contribution in [3.63, 3.8) is 0 Å². The minimum absolute atomic E-state index is 0.132. The first-order chi connectivity index (χ1) is 16.0. The number of ketones is 1. The lowest BCUT2D eigenvalue weighted by Gasteiger charge is -2.37. The summed E-state index contributed by atoms with van der Waals surface area (Å²) in [4.78, 5) is 52.8. The van der Waals surface area contributed by atoms with Crippen LogP contribution in [-0.4, -0.2) is 29.7 Å². The molecule has 2 aromatic carbocycles. The number of hydrogen-bond acceptors (Lipinski definition) is 5. The summed E-state index contributed by atoms with van der Waals surface area (Å²) >= 11 is 0. The Hall–Kier alpha value is -3.54. The van der Waals surface area contributed by atoms with Gasteiger partial charge in [0.25, 0.3) is 0 Å². The molecule has 0 aromatic heterocycles. The number of nitrogens with zero attached hydrogens (tertiary/aromatic N) is 1. The van der Waals surface area contributed by atoms with Crippen molar-refractivity contribution < 1.29 is 23.9 Å². The van der Waals surface area contributed by atoms with Gasteiger partial charge in [-0.15, -0.1) is 0 Å². The highest BCUT2D eigenvalue weighted by molar-refractivity contribution is 6.22. The van der Waals surface area contributed by atoms with Gasteiger partial charge in [-0.2, -0.15) is 0 Å². The van der Waals surface area contributed by atoms with E-state index in [-0.39, 0.29) is 46.8 Å². The zero-order valence-electron chi connectivity index (χ0n) is 18.1. The molecule has 0 unspecified atom stereocenters. The second kappa shape index (κ2) is 7.24. The molecule has 0 spiro atoms. The highest BCUT2D eigenvalue weighted by Crippen LogP contribution is 2.65. The summed E-state index contributed by atoms with van der Waals surface area (Å²) in [5.41, 5.74) is 1.20. The highest BCUT2D eigenvalue weighted by atomic mass is 16.5. The van der Waals surface area contributed by atoms with Crippen molar-refractivity contribution in [2.24, 2.45) is 35.5 Å². The molecule has 4 aliphatic carbocycles. The highest BCUT2D eigenvalue weighted by Gasteiger charge is 2.67. The van der Waals surface area contributed by atoms with Crippen molar-refractivity contribution in [2.45, 2.75) is 19.4 Å². The predicted octanol–water partition coefficient (Wildman–Crippen LogP) is 3.67. The van der Waals surface area contributed by atoms with E-state index in [1.54, 1.807) is 36.4 Å². The standard InChI is InChI=1S/C27H23NO5/c1-14(24(29)15-5-3-2-4-6-15)33-27(32)16-7-9-17(10-8-16)28-25(30)22-18-11-12-19(21-13-20(18)21)23(22)26(28)31/h2-12,14,18-23H,13H2,1H3/t14-,18-,19-,20-,21-,22-,23+/m0/s1. The number of anilines is 1. The summed E-state index contributed by atoms with van der Waals surface area (Å²) in [5, 5.41) is 0. The average Bonchev–Trinajstić information content (AvgIpc) is 3.62. The van der Waals surface area contributed by atoms with E-state index in [0.29, 0.717) is 23.1 Å². The van der Waals surface area contributed by atoms with Gasteiger partial charge in [-0.1, -0.05) is 42.5 Å². The van der Waals surface area contributed by atoms with Crippen LogP contribution in [-0.2, 0) is 14.3 Å². The zero-order chi connectivity index (χ0) is 22.9. The molecule has 2 bridgehead atoms. The number of carbonyl (C=O) groups is 4. The fourth-order valence-electron chi connectivity index (χ4n) is 6.08. The van der Waals surface area contributed by atoms with Gasteiger partial charge in [0.1, 0.15) is 0 Å². The number of rotatable bonds is 5. The fourth-order valence-corrected chi connectivity index (χ4v) is 6.08. The summed E-state index contributed by atoms with van der Waals surface area (Å²) in [6, 6.07) is 14.9. The molecule has 2 saturated carbocycles. The molecule has 7 atom stereocenters. The van der Waals surface area contributed by atoms with E-state index < -0.39 is 12.1 Å². The van der Waals surface area contributed by atoms with Gasteiger partial charge in [-0.25, -0.2) is 4.79 Å². The largest absolute Gasteiger partial charge is 0.451 e. The van der Waals surface area contributed by atoms with Crippen LogP contribution in [0.3, 0.4) is 0 Å². The van der Waals surface area contributed by atoms with E-state index in [2.05, 4.69) is 12.2 Å². The van der Waals surface area contributed by atoms with Crippen LogP contribution >= 0.6 is 0 Å². The fraction of sp³-hybridized carbons (Fsp3) is 0.333. The first-order valence-corrected chi connectivity index (χ1v) is 11.4. The van der Waals surface area contributed by atoms with Crippen LogP contribution in [0, 0.1) is 35.5 Å². The van der Waals surface area contributed by atoms with Crippen LogP contribution in [0.15, 0.2) is 66.7 Å². The van der Waals surface area contributed by atoms with Crippen molar-refractivity contribution in [2.75, 3.05) is 4.90 Å². The van der Waals surface area contributed by atoms with E-state index in [9.17, 15) is 19.2 Å². The number of amides is 2. The van der Waals surface area contributed by atoms with Gasteiger partial charge in [0.2, 0.25) is 17.6 Å². The second-order valence-electron chi connectivity index (χ2n) is 9.49. The predicted molar refractivity (Wildman–Crippen MR) is 119 cm³/mol. The number of Topliss-reactive ketones (excluding diaryl/α,β-unsaturated/α-hetero) is 1. The van der Waals surface area contributed by atoms with Crippen LogP contribution in [0.4, 0.5) is 5.69 Å². The molecular weight excluding hydrogens is 418 g/mol. The Labute approximate surface area is 191 Å². The lowest BCUT2D eigenvalue weighted by atomic mass is 9.63. The first-order valence-electron chi connectivity index (χ1n) is 11.4. The Bertz CT molecular complexity index is 1160. The van der Waals surface area contributed by atoms with Crippen LogP contribution in [0.25, 0.3) is 0 Å². The molecule has 166 valence electrons. The molecular formula is C27H23NO5. The molecule has 33 heavy (non-hydrogen) atoms. The van der Waals surface area contributed by atoms with Gasteiger partial charge in [0, 0.05) is 5.56 Å². The average molecular weight is 441 g/mol. The van der Waals surface area contributed by atoms with Gasteiger partial charge in [-0.05, 0) is 61.3 Å². The van der Waals surface area contributed by atoms with E-state index in [4.69, 9.17) is 4.74 Å². The zero-order valence-corrected chi connectivity index (χ0v) is 18.1. The third-order valence-electron chi connectivity index (χ3n) is 7.74. The lowest BCUT2D eigenvalue weighted by molar-refractivity contribution is -0.124. The molecule has 0 radical (unpaired) electrons. The van der Waals surface area contributed by atoms with E-state index in [0.717, 1.165) is 6.42 Å². The number of esters is 1. The number of hydrogen-bond donors (Lipinski definition) is 0. The minimum atomic E-state index is -0.932. The van der Waals surface area contributed by atoms with Gasteiger partial charge < -0.3 is 4.74 Å². The molecule has 1 heterocycles. The molecule has 6 nitrogen and oxygen atoms in total. The number of imide groups is 1. The number of allylic oxidation sites excluding steroid dienone is 2. The number of carbonyl (C=O) groups excluding carboxylic acids is 4. The molecule has 1 aliphatic heterocycles. The molecule has 5 aliphatic rings. The van der Waals surface area contributed by atoms with E-state index in [1.165, 1.54) is 24.0 Å². The maximum Gasteiger partial charge on any atom is 0.338 e. The van der Waals surface area contributed by atoms with Gasteiger partial charge in [-0.3, -0.25) is 19.3 Å². The van der Waals surface area contributed by atoms with Crippen molar-refractivity contribution in [1.82, 2.24) is 0 Å². The molecule has 2 aromatic rings. The minimum Gasteiger partial charge on any atom is -0.451 e. The van der Waals surface area contributed by atoms with Gasteiger partial charge >= 0.3 is 5.97 Å². The Balaban J connectivity index is 1.17. The molecule has 3 fully saturated rings. The smallest absolute Gasteiger partial charge is 0.338 e. The van der Waals surface area contributed by atoms with Crippen molar-refractivity contribution in [1.29, 1.82) is 0 Å². The number of ether oxygens (including phenoxy) is 1. The topological polar surface area (TPSA) is 80.8 Å². The quantitative estimate of drug-likeness (QED) is 0.306. The number of benzene rings is 2. The van der Waals surface area contributed by atoms with Crippen molar-refractivity contribution in [3.8, 4) is 0 Å². The van der Waals surface area contributed by atoms with Crippen LogP contribution < -0.4 is 4.90 Å². The molecule has 6 heteroatoms. The molecule has 7 rings (SSSR count). The third-order valence-corrected chi connectivity index (χ3v) is 7.74. The molecule has 2 amide bonds. The van der Waals surface area contributed by atoms with Gasteiger partial charge in [0.15, 0.2) is 6.10 Å². The Morgan fingerprint density at radius 3 is 2.00 bits per heavy atom. The maximum absolute atomic E-state index is 13.2. The van der Waals surface area contributed by atoms with E-state index >= 15 is 0 Å². The SMILES string of the molecule is C[C@H](OC(=O)c1ccc(N2C(=O)[C@@H]3[C@H]4C=C[C@@H]([C@@H]5C[C@@H]45)[C@@H]3C2=O)cc1)C(=O)c1ccccc1. The summed E-state index contributed by atoms with van der Waals surface area (Å²) in [7, 11) is 0. The van der Waals surface area contributed by atoms with E-state index in [1.807, 2.05) is 6.07 Å². The lowest BCUT2D eigenvalue weighted by Crippen LogP contribution is -2.40. The Morgan fingerprint density at radius 1 is 0.848 bits per heavy atom. The molecule has 1 saturated heterocycles. The monoisotopic (exact) mass is 441 g/mol. The summed E-state index contributed by atoms with van der Waals surface area (Å²) in [6.45, 7) is 1.54. The van der Waals surface area contributed by atoms with Crippen LogP contribution in [0.2, 0.25) is 0 Å². The maximum atomic E-state index is 13.2. The van der Waals surface area contributed by atoms with Crippen molar-refractivity contribution in [3.05, 3.63) is 77.9 Å². The summed E-state index contributed by atoms with van der Waals surface area (Å²) in [6.07, 6.45) is 4.48. The Kier molecular flexibility index (Phi) is 4.41. The van der Waals surface area contributed by atoms with Crippen LogP contribution in [0.5, 0.6) is 0 Å². The van der Waals surface area contributed by atoms with Crippen LogP contribution in [0.1, 0.15) is 34.1 Å². The third kappa shape index (κ3) is 3.00. The first kappa shape index (κ1) is 20.1. The normalized spacial score (nSPS) is 31.7.